The van der Waals surface area contributed by atoms with Gasteiger partial charge in [0.2, 0.25) is 5.95 Å². The second-order valence-electron chi connectivity index (χ2n) is 3.76. The van der Waals surface area contributed by atoms with Crippen LogP contribution in [0.2, 0.25) is 0 Å². The van der Waals surface area contributed by atoms with E-state index in [0.29, 0.717) is 6.54 Å². The van der Waals surface area contributed by atoms with Gasteiger partial charge in [-0.2, -0.15) is 0 Å². The van der Waals surface area contributed by atoms with Gasteiger partial charge in [0, 0.05) is 32.0 Å². The first-order valence-electron chi connectivity index (χ1n) is 5.17. The minimum absolute atomic E-state index is 0.0811. The topological polar surface area (TPSA) is 64.3 Å². The molecule has 1 aromatic heterocycles. The van der Waals surface area contributed by atoms with E-state index in [-0.39, 0.29) is 12.2 Å². The molecule has 2 atom stereocenters. The third kappa shape index (κ3) is 2.43. The summed E-state index contributed by atoms with van der Waals surface area (Å²) in [7, 11) is 0. The Morgan fingerprint density at radius 1 is 1.47 bits per heavy atom. The molecule has 1 saturated heterocycles. The van der Waals surface area contributed by atoms with Crippen LogP contribution in [0.15, 0.2) is 18.5 Å². The molecule has 2 heterocycles. The summed E-state index contributed by atoms with van der Waals surface area (Å²) in [6.07, 6.45) is 3.76. The van der Waals surface area contributed by atoms with Gasteiger partial charge in [-0.15, -0.1) is 0 Å². The number of ether oxygens (including phenoxy) is 1. The molecule has 5 heteroatoms. The molecule has 0 bridgehead atoms. The van der Waals surface area contributed by atoms with E-state index in [1.165, 1.54) is 0 Å². The minimum Gasteiger partial charge on any atom is -0.370 e. The Balaban J connectivity index is 2.09. The smallest absolute Gasteiger partial charge is 0.225 e. The van der Waals surface area contributed by atoms with Crippen molar-refractivity contribution in [3.05, 3.63) is 18.5 Å². The lowest BCUT2D eigenvalue weighted by Gasteiger charge is -2.36. The fraction of sp³-hybridized carbons (Fsp3) is 0.600. The Bertz CT molecular complexity index is 306. The van der Waals surface area contributed by atoms with Gasteiger partial charge in [0.25, 0.3) is 0 Å². The fourth-order valence-electron chi connectivity index (χ4n) is 1.79. The predicted octanol–water partition coefficient (Wildman–Crippen LogP) is 0.0290. The van der Waals surface area contributed by atoms with Crippen molar-refractivity contribution in [3.63, 3.8) is 0 Å². The third-order valence-electron chi connectivity index (χ3n) is 2.42. The van der Waals surface area contributed by atoms with Crippen molar-refractivity contribution in [2.24, 2.45) is 5.73 Å². The zero-order valence-corrected chi connectivity index (χ0v) is 8.84. The quantitative estimate of drug-likeness (QED) is 0.742. The summed E-state index contributed by atoms with van der Waals surface area (Å²) in [5.74, 6) is 0.756. The number of nitrogens with zero attached hydrogens (tertiary/aromatic N) is 3. The van der Waals surface area contributed by atoms with Gasteiger partial charge < -0.3 is 15.4 Å². The second kappa shape index (κ2) is 4.55. The van der Waals surface area contributed by atoms with Crippen LogP contribution in [0.3, 0.4) is 0 Å². The molecule has 1 fully saturated rings. The Kier molecular flexibility index (Phi) is 3.13. The highest BCUT2D eigenvalue weighted by molar-refractivity contribution is 5.29. The van der Waals surface area contributed by atoms with Gasteiger partial charge in [-0.05, 0) is 13.0 Å². The highest BCUT2D eigenvalue weighted by Gasteiger charge is 2.25. The number of morpholine rings is 1. The van der Waals surface area contributed by atoms with Crippen LogP contribution < -0.4 is 10.6 Å². The standard InChI is InChI=1S/C10H16N4O/c1-8-6-14(7-9(5-11)15-8)10-12-3-2-4-13-10/h2-4,8-9H,5-7,11H2,1H3. The number of hydrogen-bond acceptors (Lipinski definition) is 5. The zero-order valence-electron chi connectivity index (χ0n) is 8.84. The average molecular weight is 208 g/mol. The van der Waals surface area contributed by atoms with E-state index < -0.39 is 0 Å². The van der Waals surface area contributed by atoms with Crippen LogP contribution in [0.5, 0.6) is 0 Å². The summed E-state index contributed by atoms with van der Waals surface area (Å²) in [5, 5.41) is 0. The first-order chi connectivity index (χ1) is 7.29. The molecule has 0 spiro atoms. The number of anilines is 1. The van der Waals surface area contributed by atoms with Crippen molar-refractivity contribution in [2.45, 2.75) is 19.1 Å². The normalized spacial score (nSPS) is 26.7. The number of nitrogens with two attached hydrogens (primary N) is 1. The van der Waals surface area contributed by atoms with E-state index in [1.807, 2.05) is 13.0 Å². The molecular formula is C10H16N4O. The molecule has 0 amide bonds. The number of rotatable bonds is 2. The molecular weight excluding hydrogens is 192 g/mol. The largest absolute Gasteiger partial charge is 0.370 e. The van der Waals surface area contributed by atoms with Crippen molar-refractivity contribution in [1.82, 2.24) is 9.97 Å². The fourth-order valence-corrected chi connectivity index (χ4v) is 1.79. The van der Waals surface area contributed by atoms with Gasteiger partial charge in [0.15, 0.2) is 0 Å². The predicted molar refractivity (Wildman–Crippen MR) is 57.6 cm³/mol. The first kappa shape index (κ1) is 10.3. The van der Waals surface area contributed by atoms with E-state index in [0.717, 1.165) is 19.0 Å². The maximum Gasteiger partial charge on any atom is 0.225 e. The van der Waals surface area contributed by atoms with E-state index in [4.69, 9.17) is 10.5 Å². The monoisotopic (exact) mass is 208 g/mol. The van der Waals surface area contributed by atoms with Gasteiger partial charge in [-0.25, -0.2) is 9.97 Å². The summed E-state index contributed by atoms with van der Waals surface area (Å²) in [6, 6.07) is 1.81. The lowest BCUT2D eigenvalue weighted by atomic mass is 10.2. The van der Waals surface area contributed by atoms with Crippen LogP contribution in [-0.2, 0) is 4.74 Å². The summed E-state index contributed by atoms with van der Waals surface area (Å²) in [4.78, 5) is 10.6. The van der Waals surface area contributed by atoms with Crippen molar-refractivity contribution in [3.8, 4) is 0 Å². The summed E-state index contributed by atoms with van der Waals surface area (Å²) >= 11 is 0. The van der Waals surface area contributed by atoms with Gasteiger partial charge in [-0.1, -0.05) is 0 Å². The van der Waals surface area contributed by atoms with Crippen LogP contribution in [0, 0.1) is 0 Å². The maximum atomic E-state index is 5.66. The highest BCUT2D eigenvalue weighted by atomic mass is 16.5. The van der Waals surface area contributed by atoms with E-state index in [2.05, 4.69) is 14.9 Å². The van der Waals surface area contributed by atoms with Crippen LogP contribution in [-0.4, -0.2) is 41.8 Å². The van der Waals surface area contributed by atoms with Crippen molar-refractivity contribution >= 4 is 5.95 Å². The average Bonchev–Trinajstić information content (AvgIpc) is 2.29. The van der Waals surface area contributed by atoms with Gasteiger partial charge in [0.05, 0.1) is 12.2 Å². The molecule has 2 unspecified atom stereocenters. The molecule has 1 aliphatic rings. The molecule has 0 saturated carbocycles. The van der Waals surface area contributed by atoms with Gasteiger partial charge in [-0.3, -0.25) is 0 Å². The molecule has 15 heavy (non-hydrogen) atoms. The molecule has 5 nitrogen and oxygen atoms in total. The molecule has 0 aliphatic carbocycles. The van der Waals surface area contributed by atoms with Crippen LogP contribution in [0.4, 0.5) is 5.95 Å². The van der Waals surface area contributed by atoms with Crippen LogP contribution >= 0.6 is 0 Å². The maximum absolute atomic E-state index is 5.66. The Morgan fingerprint density at radius 3 is 2.87 bits per heavy atom. The summed E-state index contributed by atoms with van der Waals surface area (Å²) in [5.41, 5.74) is 5.61. The van der Waals surface area contributed by atoms with Crippen molar-refractivity contribution in [1.29, 1.82) is 0 Å². The molecule has 0 aromatic carbocycles. The molecule has 2 N–H and O–H groups in total. The summed E-state index contributed by atoms with van der Waals surface area (Å²) < 4.78 is 5.66. The van der Waals surface area contributed by atoms with E-state index in [9.17, 15) is 0 Å². The molecule has 1 aliphatic heterocycles. The Labute approximate surface area is 89.3 Å². The highest BCUT2D eigenvalue weighted by Crippen LogP contribution is 2.15. The van der Waals surface area contributed by atoms with Gasteiger partial charge >= 0.3 is 0 Å². The van der Waals surface area contributed by atoms with Crippen LogP contribution in [0.1, 0.15) is 6.92 Å². The van der Waals surface area contributed by atoms with Gasteiger partial charge in [0.1, 0.15) is 0 Å². The van der Waals surface area contributed by atoms with E-state index in [1.54, 1.807) is 12.4 Å². The van der Waals surface area contributed by atoms with Crippen LogP contribution in [0.25, 0.3) is 0 Å². The summed E-state index contributed by atoms with van der Waals surface area (Å²) in [6.45, 7) is 4.16. The van der Waals surface area contributed by atoms with E-state index >= 15 is 0 Å². The van der Waals surface area contributed by atoms with Crippen molar-refractivity contribution < 1.29 is 4.74 Å². The third-order valence-corrected chi connectivity index (χ3v) is 2.42. The lowest BCUT2D eigenvalue weighted by molar-refractivity contribution is -0.0109. The molecule has 0 radical (unpaired) electrons. The number of aromatic nitrogens is 2. The first-order valence-corrected chi connectivity index (χ1v) is 5.17. The molecule has 1 aromatic rings. The Morgan fingerprint density at radius 2 is 2.20 bits per heavy atom. The second-order valence-corrected chi connectivity index (χ2v) is 3.76. The zero-order chi connectivity index (χ0) is 10.7. The molecule has 82 valence electrons. The van der Waals surface area contributed by atoms with Crippen molar-refractivity contribution in [2.75, 3.05) is 24.5 Å². The number of hydrogen-bond donors (Lipinski definition) is 1. The lowest BCUT2D eigenvalue weighted by Crippen LogP contribution is -2.49. The molecule has 2 rings (SSSR count). The minimum atomic E-state index is 0.0811. The Hall–Kier alpha value is -1.20. The SMILES string of the molecule is CC1CN(c2ncccn2)CC(CN)O1.